The topological polar surface area (TPSA) is 70.7 Å². The van der Waals surface area contributed by atoms with Crippen molar-refractivity contribution in [2.24, 2.45) is 0 Å². The molecule has 0 aliphatic heterocycles. The summed E-state index contributed by atoms with van der Waals surface area (Å²) >= 11 is 1.38. The Hall–Kier alpha value is -2.21. The number of H-pyrrole nitrogens is 1. The molecule has 0 saturated carbocycles. The van der Waals surface area contributed by atoms with Crippen LogP contribution in [0.4, 0.5) is 5.69 Å². The Balaban J connectivity index is 1.99. The van der Waals surface area contributed by atoms with Crippen molar-refractivity contribution >= 4 is 33.8 Å². The van der Waals surface area contributed by atoms with Crippen molar-refractivity contribution in [3.8, 4) is 0 Å². The molecule has 1 aromatic carbocycles. The van der Waals surface area contributed by atoms with Gasteiger partial charge in [-0.15, -0.1) is 11.3 Å². The number of benzene rings is 1. The van der Waals surface area contributed by atoms with Crippen molar-refractivity contribution in [2.45, 2.75) is 13.8 Å². The number of aryl methyl sites for hydroxylation is 2. The average Bonchev–Trinajstić information content (AvgIpc) is 3.01. The van der Waals surface area contributed by atoms with Crippen LogP contribution in [-0.4, -0.2) is 21.1 Å². The first kappa shape index (κ1) is 11.9. The molecule has 0 fully saturated rings. The van der Waals surface area contributed by atoms with Crippen molar-refractivity contribution in [3.63, 3.8) is 0 Å². The molecule has 5 nitrogen and oxygen atoms in total. The summed E-state index contributed by atoms with van der Waals surface area (Å²) in [6.45, 7) is 3.84. The second-order valence-electron chi connectivity index (χ2n) is 4.29. The van der Waals surface area contributed by atoms with Crippen LogP contribution in [0, 0.1) is 13.8 Å². The van der Waals surface area contributed by atoms with Gasteiger partial charge in [0.1, 0.15) is 4.88 Å². The van der Waals surface area contributed by atoms with Gasteiger partial charge in [0.2, 0.25) is 0 Å². The van der Waals surface area contributed by atoms with Gasteiger partial charge in [0.05, 0.1) is 28.6 Å². The summed E-state index contributed by atoms with van der Waals surface area (Å²) in [6, 6.07) is 3.90. The van der Waals surface area contributed by atoms with Crippen molar-refractivity contribution in [1.29, 1.82) is 0 Å². The lowest BCUT2D eigenvalue weighted by atomic mass is 10.1. The second kappa shape index (κ2) is 4.47. The van der Waals surface area contributed by atoms with Crippen LogP contribution in [0.5, 0.6) is 0 Å². The van der Waals surface area contributed by atoms with Gasteiger partial charge in [0.15, 0.2) is 0 Å². The summed E-state index contributed by atoms with van der Waals surface area (Å²) < 4.78 is 0. The number of nitrogens with zero attached hydrogens (tertiary/aromatic N) is 2. The van der Waals surface area contributed by atoms with Crippen LogP contribution in [0.15, 0.2) is 24.5 Å². The zero-order valence-corrected chi connectivity index (χ0v) is 11.3. The van der Waals surface area contributed by atoms with E-state index in [2.05, 4.69) is 20.5 Å². The maximum absolute atomic E-state index is 12.2. The number of hydrogen-bond acceptors (Lipinski definition) is 4. The van der Waals surface area contributed by atoms with E-state index in [-0.39, 0.29) is 5.91 Å². The minimum Gasteiger partial charge on any atom is -0.320 e. The predicted octanol–water partition coefficient (Wildman–Crippen LogP) is 2.89. The molecule has 19 heavy (non-hydrogen) atoms. The number of aromatic amines is 1. The molecule has 3 rings (SSSR count). The van der Waals surface area contributed by atoms with Gasteiger partial charge in [-0.3, -0.25) is 9.89 Å². The monoisotopic (exact) mass is 272 g/mol. The van der Waals surface area contributed by atoms with E-state index in [1.54, 1.807) is 12.4 Å². The summed E-state index contributed by atoms with van der Waals surface area (Å²) in [5, 5.41) is 11.6. The Labute approximate surface area is 113 Å². The van der Waals surface area contributed by atoms with Gasteiger partial charge in [-0.2, -0.15) is 5.10 Å². The second-order valence-corrected chi connectivity index (χ2v) is 5.52. The minimum atomic E-state index is -0.137. The SMILES string of the molecule is Cc1ncc(C(=O)Nc2c(C)ccc3[nH]ncc23)s1. The number of rotatable bonds is 2. The van der Waals surface area contributed by atoms with Crippen molar-refractivity contribution in [1.82, 2.24) is 15.2 Å². The van der Waals surface area contributed by atoms with E-state index in [1.807, 2.05) is 26.0 Å². The van der Waals surface area contributed by atoms with Crippen molar-refractivity contribution < 1.29 is 4.79 Å². The smallest absolute Gasteiger partial charge is 0.267 e. The van der Waals surface area contributed by atoms with E-state index in [1.165, 1.54) is 11.3 Å². The average molecular weight is 272 g/mol. The van der Waals surface area contributed by atoms with E-state index in [0.717, 1.165) is 27.2 Å². The van der Waals surface area contributed by atoms with Gasteiger partial charge in [0.25, 0.3) is 5.91 Å². The fourth-order valence-electron chi connectivity index (χ4n) is 1.93. The summed E-state index contributed by atoms with van der Waals surface area (Å²) in [4.78, 5) is 16.9. The molecule has 0 radical (unpaired) electrons. The summed E-state index contributed by atoms with van der Waals surface area (Å²) in [5.41, 5.74) is 2.70. The van der Waals surface area contributed by atoms with Crippen LogP contribution < -0.4 is 5.32 Å². The molecule has 1 amide bonds. The molecule has 6 heteroatoms. The lowest BCUT2D eigenvalue weighted by Crippen LogP contribution is -2.11. The third-order valence-corrected chi connectivity index (χ3v) is 3.83. The number of aromatic nitrogens is 3. The maximum atomic E-state index is 12.2. The number of fused-ring (bicyclic) bond motifs is 1. The van der Waals surface area contributed by atoms with Gasteiger partial charge in [0, 0.05) is 5.39 Å². The van der Waals surface area contributed by atoms with Crippen LogP contribution in [0.1, 0.15) is 20.2 Å². The maximum Gasteiger partial charge on any atom is 0.267 e. The zero-order chi connectivity index (χ0) is 13.4. The van der Waals surface area contributed by atoms with Gasteiger partial charge in [-0.1, -0.05) is 6.07 Å². The van der Waals surface area contributed by atoms with Crippen LogP contribution in [0.3, 0.4) is 0 Å². The van der Waals surface area contributed by atoms with Crippen LogP contribution >= 0.6 is 11.3 Å². The molecule has 0 atom stereocenters. The van der Waals surface area contributed by atoms with E-state index < -0.39 is 0 Å². The molecule has 0 bridgehead atoms. The molecule has 2 N–H and O–H groups in total. The van der Waals surface area contributed by atoms with Crippen molar-refractivity contribution in [2.75, 3.05) is 5.32 Å². The van der Waals surface area contributed by atoms with Crippen molar-refractivity contribution in [3.05, 3.63) is 40.0 Å². The molecule has 0 unspecified atom stereocenters. The van der Waals surface area contributed by atoms with E-state index in [0.29, 0.717) is 4.88 Å². The Bertz CT molecular complexity index is 759. The fourth-order valence-corrected chi connectivity index (χ4v) is 2.61. The number of carbonyl (C=O) groups excluding carboxylic acids is 1. The molecular weight excluding hydrogens is 260 g/mol. The summed E-state index contributed by atoms with van der Waals surface area (Å²) in [7, 11) is 0. The number of nitrogens with one attached hydrogen (secondary N) is 2. The van der Waals surface area contributed by atoms with Gasteiger partial charge < -0.3 is 5.32 Å². The number of carbonyl (C=O) groups is 1. The van der Waals surface area contributed by atoms with Crippen LogP contribution in [-0.2, 0) is 0 Å². The predicted molar refractivity (Wildman–Crippen MR) is 75.6 cm³/mol. The lowest BCUT2D eigenvalue weighted by molar-refractivity contribution is 0.103. The molecule has 96 valence electrons. The molecule has 2 heterocycles. The Morgan fingerprint density at radius 3 is 2.89 bits per heavy atom. The highest BCUT2D eigenvalue weighted by atomic mass is 32.1. The third-order valence-electron chi connectivity index (χ3n) is 2.92. The summed E-state index contributed by atoms with van der Waals surface area (Å²) in [6.07, 6.45) is 3.32. The normalized spacial score (nSPS) is 10.8. The molecule has 0 saturated heterocycles. The molecule has 0 aliphatic carbocycles. The first-order valence-electron chi connectivity index (χ1n) is 5.81. The molecular formula is C13H12N4OS. The quantitative estimate of drug-likeness (QED) is 0.753. The first-order valence-corrected chi connectivity index (χ1v) is 6.63. The van der Waals surface area contributed by atoms with Gasteiger partial charge in [-0.05, 0) is 25.5 Å². The molecule has 3 aromatic rings. The van der Waals surface area contributed by atoms with Crippen LogP contribution in [0.25, 0.3) is 10.9 Å². The highest BCUT2D eigenvalue weighted by Gasteiger charge is 2.13. The molecule has 0 spiro atoms. The number of thiazole rings is 1. The van der Waals surface area contributed by atoms with E-state index >= 15 is 0 Å². The first-order chi connectivity index (χ1) is 9.15. The molecule has 0 aliphatic rings. The van der Waals surface area contributed by atoms with Gasteiger partial charge >= 0.3 is 0 Å². The number of hydrogen-bond donors (Lipinski definition) is 2. The number of amides is 1. The lowest BCUT2D eigenvalue weighted by Gasteiger charge is -2.08. The minimum absolute atomic E-state index is 0.137. The third kappa shape index (κ3) is 2.10. The Kier molecular flexibility index (Phi) is 2.79. The highest BCUT2D eigenvalue weighted by molar-refractivity contribution is 7.13. The highest BCUT2D eigenvalue weighted by Crippen LogP contribution is 2.26. The van der Waals surface area contributed by atoms with Gasteiger partial charge in [-0.25, -0.2) is 4.98 Å². The standard InChI is InChI=1S/C13H12N4OS/c1-7-3-4-10-9(5-15-17-10)12(7)16-13(18)11-6-14-8(2)19-11/h3-6H,1-2H3,(H,15,17)(H,16,18). The van der Waals surface area contributed by atoms with E-state index in [4.69, 9.17) is 0 Å². The number of anilines is 1. The zero-order valence-electron chi connectivity index (χ0n) is 10.5. The van der Waals surface area contributed by atoms with E-state index in [9.17, 15) is 4.79 Å². The largest absolute Gasteiger partial charge is 0.320 e. The summed E-state index contributed by atoms with van der Waals surface area (Å²) in [5.74, 6) is -0.137. The Morgan fingerprint density at radius 2 is 2.16 bits per heavy atom. The Morgan fingerprint density at radius 1 is 1.32 bits per heavy atom. The molecule has 2 aromatic heterocycles. The fraction of sp³-hybridized carbons (Fsp3) is 0.154. The van der Waals surface area contributed by atoms with Crippen LogP contribution in [0.2, 0.25) is 0 Å².